The van der Waals surface area contributed by atoms with Crippen LogP contribution in [-0.2, 0) is 14.2 Å². The summed E-state index contributed by atoms with van der Waals surface area (Å²) in [6, 6.07) is 0. The Morgan fingerprint density at radius 1 is 1.23 bits per heavy atom. The summed E-state index contributed by atoms with van der Waals surface area (Å²) < 4.78 is 16.9. The maximum absolute atomic E-state index is 5.73. The Hall–Kier alpha value is -0.120. The lowest BCUT2D eigenvalue weighted by atomic mass is 10.2. The van der Waals surface area contributed by atoms with Crippen molar-refractivity contribution < 1.29 is 14.2 Å². The van der Waals surface area contributed by atoms with Crippen LogP contribution in [-0.4, -0.2) is 24.3 Å². The second kappa shape index (κ2) is 3.56. The van der Waals surface area contributed by atoms with E-state index in [0.29, 0.717) is 6.61 Å². The molecule has 0 radical (unpaired) electrons. The molecule has 0 aromatic carbocycles. The van der Waals surface area contributed by atoms with Crippen molar-refractivity contribution in [2.75, 3.05) is 6.61 Å². The Kier molecular flexibility index (Phi) is 3.00. The summed E-state index contributed by atoms with van der Waals surface area (Å²) in [6.45, 7) is 10.5. The predicted octanol–water partition coefficient (Wildman–Crippen LogP) is 2.30. The van der Waals surface area contributed by atoms with E-state index in [1.165, 1.54) is 0 Å². The van der Waals surface area contributed by atoms with E-state index in [1.807, 2.05) is 34.6 Å². The van der Waals surface area contributed by atoms with Crippen LogP contribution in [0, 0.1) is 0 Å². The van der Waals surface area contributed by atoms with Gasteiger partial charge in [-0.25, -0.2) is 0 Å². The number of rotatable bonds is 2. The van der Waals surface area contributed by atoms with E-state index in [2.05, 4.69) is 0 Å². The zero-order valence-corrected chi connectivity index (χ0v) is 9.22. The zero-order valence-electron chi connectivity index (χ0n) is 9.22. The van der Waals surface area contributed by atoms with Gasteiger partial charge in [0.25, 0.3) is 0 Å². The molecule has 0 aromatic rings. The Morgan fingerprint density at radius 3 is 2.31 bits per heavy atom. The second-order valence-electron chi connectivity index (χ2n) is 4.40. The maximum atomic E-state index is 5.73. The van der Waals surface area contributed by atoms with Crippen LogP contribution in [0.1, 0.15) is 41.0 Å². The van der Waals surface area contributed by atoms with Crippen LogP contribution in [0.5, 0.6) is 0 Å². The molecule has 78 valence electrons. The Bertz CT molecular complexity index is 177. The molecule has 1 rings (SSSR count). The molecule has 3 heteroatoms. The van der Waals surface area contributed by atoms with Crippen molar-refractivity contribution in [1.29, 1.82) is 0 Å². The van der Waals surface area contributed by atoms with Gasteiger partial charge in [0.1, 0.15) is 0 Å². The first-order valence-electron chi connectivity index (χ1n) is 4.85. The van der Waals surface area contributed by atoms with E-state index in [-0.39, 0.29) is 6.10 Å². The molecule has 1 saturated heterocycles. The lowest BCUT2D eigenvalue weighted by Crippen LogP contribution is -2.49. The Balaban J connectivity index is 2.58. The van der Waals surface area contributed by atoms with Crippen LogP contribution in [0.15, 0.2) is 0 Å². The molecule has 3 nitrogen and oxygen atoms in total. The Labute approximate surface area is 80.4 Å². The van der Waals surface area contributed by atoms with Gasteiger partial charge in [-0.3, -0.25) is 0 Å². The van der Waals surface area contributed by atoms with Crippen molar-refractivity contribution in [3.63, 3.8) is 0 Å². The van der Waals surface area contributed by atoms with Gasteiger partial charge in [0.05, 0.1) is 12.7 Å². The standard InChI is InChI=1S/C10H20O3/c1-8(2)12-10(5)6-7-11-9(3,4)13-10/h8H,6-7H2,1-5H3. The van der Waals surface area contributed by atoms with Gasteiger partial charge in [0.2, 0.25) is 0 Å². The highest BCUT2D eigenvalue weighted by molar-refractivity contribution is 4.73. The van der Waals surface area contributed by atoms with E-state index >= 15 is 0 Å². The normalized spacial score (nSPS) is 33.7. The molecule has 1 heterocycles. The van der Waals surface area contributed by atoms with Crippen LogP contribution in [0.3, 0.4) is 0 Å². The average Bonchev–Trinajstić information content (AvgIpc) is 1.79. The van der Waals surface area contributed by atoms with Crippen molar-refractivity contribution in [3.8, 4) is 0 Å². The van der Waals surface area contributed by atoms with Crippen molar-refractivity contribution in [2.45, 2.75) is 58.7 Å². The van der Waals surface area contributed by atoms with Crippen molar-refractivity contribution in [2.24, 2.45) is 0 Å². The summed E-state index contributed by atoms with van der Waals surface area (Å²) in [5.74, 6) is -1.02. The van der Waals surface area contributed by atoms with Gasteiger partial charge in [-0.05, 0) is 34.6 Å². The van der Waals surface area contributed by atoms with Gasteiger partial charge >= 0.3 is 0 Å². The van der Waals surface area contributed by atoms with Gasteiger partial charge in [-0.1, -0.05) is 0 Å². The lowest BCUT2D eigenvalue weighted by Gasteiger charge is -2.43. The second-order valence-corrected chi connectivity index (χ2v) is 4.40. The third-order valence-electron chi connectivity index (χ3n) is 1.95. The molecule has 0 aromatic heterocycles. The molecular weight excluding hydrogens is 168 g/mol. The molecule has 1 fully saturated rings. The molecule has 1 aliphatic rings. The molecule has 1 aliphatic heterocycles. The average molecular weight is 188 g/mol. The first-order valence-corrected chi connectivity index (χ1v) is 4.85. The van der Waals surface area contributed by atoms with E-state index in [9.17, 15) is 0 Å². The maximum Gasteiger partial charge on any atom is 0.171 e. The number of hydrogen-bond donors (Lipinski definition) is 0. The third kappa shape index (κ3) is 3.25. The largest absolute Gasteiger partial charge is 0.350 e. The fourth-order valence-electron chi connectivity index (χ4n) is 1.66. The lowest BCUT2D eigenvalue weighted by molar-refractivity contribution is -0.383. The summed E-state index contributed by atoms with van der Waals surface area (Å²) in [6.07, 6.45) is 0.966. The fraction of sp³-hybridized carbons (Fsp3) is 1.00. The molecule has 0 spiro atoms. The van der Waals surface area contributed by atoms with Crippen LogP contribution >= 0.6 is 0 Å². The SMILES string of the molecule is CC(C)OC1(C)CCOC(C)(C)O1. The predicted molar refractivity (Wildman–Crippen MR) is 50.4 cm³/mol. The fourth-order valence-corrected chi connectivity index (χ4v) is 1.66. The van der Waals surface area contributed by atoms with Crippen molar-refractivity contribution in [1.82, 2.24) is 0 Å². The smallest absolute Gasteiger partial charge is 0.171 e. The first kappa shape index (κ1) is 11.0. The molecule has 13 heavy (non-hydrogen) atoms. The van der Waals surface area contributed by atoms with Gasteiger partial charge in [-0.2, -0.15) is 0 Å². The van der Waals surface area contributed by atoms with Crippen LogP contribution in [0.4, 0.5) is 0 Å². The topological polar surface area (TPSA) is 27.7 Å². The molecule has 0 bridgehead atoms. The minimum absolute atomic E-state index is 0.180. The molecule has 0 amide bonds. The molecule has 0 N–H and O–H groups in total. The molecule has 0 saturated carbocycles. The number of hydrogen-bond acceptors (Lipinski definition) is 3. The summed E-state index contributed by atoms with van der Waals surface area (Å²) in [5, 5.41) is 0. The summed E-state index contributed by atoms with van der Waals surface area (Å²) in [4.78, 5) is 0. The van der Waals surface area contributed by atoms with Gasteiger partial charge in [0, 0.05) is 6.42 Å². The molecule has 1 unspecified atom stereocenters. The first-order chi connectivity index (χ1) is 5.83. The van der Waals surface area contributed by atoms with Crippen LogP contribution in [0.25, 0.3) is 0 Å². The third-order valence-corrected chi connectivity index (χ3v) is 1.95. The highest BCUT2D eigenvalue weighted by Gasteiger charge is 2.39. The zero-order chi connectivity index (χ0) is 10.1. The quantitative estimate of drug-likeness (QED) is 0.665. The molecular formula is C10H20O3. The molecule has 0 aliphatic carbocycles. The summed E-state index contributed by atoms with van der Waals surface area (Å²) in [7, 11) is 0. The van der Waals surface area contributed by atoms with Crippen LogP contribution in [0.2, 0.25) is 0 Å². The summed E-state index contributed by atoms with van der Waals surface area (Å²) in [5.41, 5.74) is 0. The van der Waals surface area contributed by atoms with Gasteiger partial charge in [0.15, 0.2) is 11.6 Å². The minimum atomic E-state index is -0.526. The van der Waals surface area contributed by atoms with E-state index in [0.717, 1.165) is 6.42 Å². The van der Waals surface area contributed by atoms with Gasteiger partial charge in [-0.15, -0.1) is 0 Å². The van der Waals surface area contributed by atoms with E-state index in [1.54, 1.807) is 0 Å². The number of ether oxygens (including phenoxy) is 3. The van der Waals surface area contributed by atoms with Crippen LogP contribution < -0.4 is 0 Å². The highest BCUT2D eigenvalue weighted by Crippen LogP contribution is 2.31. The minimum Gasteiger partial charge on any atom is -0.350 e. The van der Waals surface area contributed by atoms with E-state index in [4.69, 9.17) is 14.2 Å². The Morgan fingerprint density at radius 2 is 1.85 bits per heavy atom. The van der Waals surface area contributed by atoms with Crippen molar-refractivity contribution in [3.05, 3.63) is 0 Å². The highest BCUT2D eigenvalue weighted by atomic mass is 16.8. The summed E-state index contributed by atoms with van der Waals surface area (Å²) >= 11 is 0. The van der Waals surface area contributed by atoms with E-state index < -0.39 is 11.6 Å². The monoisotopic (exact) mass is 188 g/mol. The van der Waals surface area contributed by atoms with Gasteiger partial charge < -0.3 is 14.2 Å². The molecule has 1 atom stereocenters. The van der Waals surface area contributed by atoms with Crippen molar-refractivity contribution >= 4 is 0 Å².